The summed E-state index contributed by atoms with van der Waals surface area (Å²) in [7, 11) is 0. The number of anilines is 1. The Labute approximate surface area is 159 Å². The quantitative estimate of drug-likeness (QED) is 0.815. The first-order valence-corrected chi connectivity index (χ1v) is 9.01. The Morgan fingerprint density at radius 1 is 1.07 bits per heavy atom. The molecule has 0 fully saturated rings. The number of rotatable bonds is 2. The lowest BCUT2D eigenvalue weighted by Crippen LogP contribution is -2.45. The van der Waals surface area contributed by atoms with Crippen molar-refractivity contribution in [3.05, 3.63) is 64.7 Å². The van der Waals surface area contributed by atoms with Crippen molar-refractivity contribution in [3.63, 3.8) is 0 Å². The molecule has 2 aromatic carbocycles. The molecule has 1 amide bonds. The summed E-state index contributed by atoms with van der Waals surface area (Å²) in [5.74, 6) is 5.44. The number of nitrogens with zero attached hydrogens (tertiary/aromatic N) is 1. The van der Waals surface area contributed by atoms with Crippen LogP contribution >= 0.6 is 0 Å². The molecule has 27 heavy (non-hydrogen) atoms. The SMILES string of the molecule is CC(C)N1C(=O)CC(C)(C)c2cc(C#Cc3ccc(C(=O)O)cc3)ccc21. The van der Waals surface area contributed by atoms with Gasteiger partial charge in [-0.25, -0.2) is 4.79 Å². The van der Waals surface area contributed by atoms with Crippen LogP contribution < -0.4 is 4.90 Å². The van der Waals surface area contributed by atoms with Gasteiger partial charge in [0.25, 0.3) is 0 Å². The van der Waals surface area contributed by atoms with E-state index >= 15 is 0 Å². The van der Waals surface area contributed by atoms with Crippen LogP contribution in [0.4, 0.5) is 5.69 Å². The van der Waals surface area contributed by atoms with E-state index in [1.165, 1.54) is 0 Å². The molecule has 0 saturated carbocycles. The minimum atomic E-state index is -0.948. The molecule has 4 nitrogen and oxygen atoms in total. The van der Waals surface area contributed by atoms with Crippen molar-refractivity contribution < 1.29 is 14.7 Å². The molecule has 138 valence electrons. The molecule has 1 N–H and O–H groups in total. The van der Waals surface area contributed by atoms with Crippen LogP contribution in [0.1, 0.15) is 61.2 Å². The van der Waals surface area contributed by atoms with Crippen LogP contribution in [0.2, 0.25) is 0 Å². The van der Waals surface area contributed by atoms with Gasteiger partial charge in [-0.2, -0.15) is 0 Å². The van der Waals surface area contributed by atoms with Crippen molar-refractivity contribution in [2.45, 2.75) is 45.6 Å². The first-order chi connectivity index (χ1) is 12.7. The van der Waals surface area contributed by atoms with E-state index in [9.17, 15) is 9.59 Å². The van der Waals surface area contributed by atoms with Gasteiger partial charge >= 0.3 is 5.97 Å². The standard InChI is InChI=1S/C23H23NO3/c1-15(2)24-20-12-9-17(13-19(20)23(3,4)14-21(24)25)6-5-16-7-10-18(11-8-16)22(26)27/h7-13,15H,14H2,1-4H3,(H,26,27). The Hall–Kier alpha value is -3.06. The van der Waals surface area contributed by atoms with E-state index in [0.29, 0.717) is 6.42 Å². The summed E-state index contributed by atoms with van der Waals surface area (Å²) < 4.78 is 0. The van der Waals surface area contributed by atoms with Crippen molar-refractivity contribution in [1.82, 2.24) is 0 Å². The van der Waals surface area contributed by atoms with Gasteiger partial charge in [-0.1, -0.05) is 25.7 Å². The second-order valence-corrected chi connectivity index (χ2v) is 7.78. The van der Waals surface area contributed by atoms with Crippen molar-refractivity contribution in [3.8, 4) is 11.8 Å². The topological polar surface area (TPSA) is 57.6 Å². The Kier molecular flexibility index (Phi) is 4.80. The Bertz CT molecular complexity index is 959. The molecule has 4 heteroatoms. The summed E-state index contributed by atoms with van der Waals surface area (Å²) in [5, 5.41) is 8.96. The van der Waals surface area contributed by atoms with Crippen molar-refractivity contribution in [2.24, 2.45) is 0 Å². The van der Waals surface area contributed by atoms with Gasteiger partial charge < -0.3 is 10.0 Å². The van der Waals surface area contributed by atoms with E-state index in [1.807, 2.05) is 30.9 Å². The number of benzene rings is 2. The summed E-state index contributed by atoms with van der Waals surface area (Å²) in [4.78, 5) is 25.3. The fourth-order valence-corrected chi connectivity index (χ4v) is 3.47. The lowest BCUT2D eigenvalue weighted by atomic mass is 9.76. The average Bonchev–Trinajstić information content (AvgIpc) is 2.59. The van der Waals surface area contributed by atoms with Crippen LogP contribution in [0.5, 0.6) is 0 Å². The van der Waals surface area contributed by atoms with E-state index < -0.39 is 5.97 Å². The summed E-state index contributed by atoms with van der Waals surface area (Å²) >= 11 is 0. The molecule has 0 spiro atoms. The zero-order chi connectivity index (χ0) is 19.8. The highest BCUT2D eigenvalue weighted by Crippen LogP contribution is 2.41. The lowest BCUT2D eigenvalue weighted by Gasteiger charge is -2.40. The van der Waals surface area contributed by atoms with Crippen LogP contribution in [0.15, 0.2) is 42.5 Å². The lowest BCUT2D eigenvalue weighted by molar-refractivity contribution is -0.120. The maximum Gasteiger partial charge on any atom is 0.335 e. The number of hydrogen-bond donors (Lipinski definition) is 1. The third kappa shape index (κ3) is 3.73. The second-order valence-electron chi connectivity index (χ2n) is 7.78. The highest BCUT2D eigenvalue weighted by molar-refractivity contribution is 5.98. The zero-order valence-electron chi connectivity index (χ0n) is 16.0. The van der Waals surface area contributed by atoms with Crippen LogP contribution in [-0.4, -0.2) is 23.0 Å². The van der Waals surface area contributed by atoms with E-state index in [0.717, 1.165) is 22.4 Å². The number of carboxylic acids is 1. The Balaban J connectivity index is 1.96. The summed E-state index contributed by atoms with van der Waals surface area (Å²) in [6.45, 7) is 8.22. The molecule has 0 unspecified atom stereocenters. The number of fused-ring (bicyclic) bond motifs is 1. The van der Waals surface area contributed by atoms with Crippen LogP contribution in [0, 0.1) is 11.8 Å². The van der Waals surface area contributed by atoms with Crippen LogP contribution in [0.3, 0.4) is 0 Å². The smallest absolute Gasteiger partial charge is 0.335 e. The number of carbonyl (C=O) groups is 2. The number of amides is 1. The maximum atomic E-state index is 12.5. The van der Waals surface area contributed by atoms with Crippen molar-refractivity contribution in [1.29, 1.82) is 0 Å². The van der Waals surface area contributed by atoms with Gasteiger partial charge in [0.05, 0.1) is 5.56 Å². The van der Waals surface area contributed by atoms with Gasteiger partial charge in [0.1, 0.15) is 0 Å². The minimum Gasteiger partial charge on any atom is -0.478 e. The summed E-state index contributed by atoms with van der Waals surface area (Å²) in [6.07, 6.45) is 0.478. The highest BCUT2D eigenvalue weighted by Gasteiger charge is 2.37. The van der Waals surface area contributed by atoms with Gasteiger partial charge in [-0.05, 0) is 61.9 Å². The number of carboxylic acid groups (broad SMARTS) is 1. The first kappa shape index (κ1) is 18.7. The predicted molar refractivity (Wildman–Crippen MR) is 106 cm³/mol. The zero-order valence-corrected chi connectivity index (χ0v) is 16.0. The predicted octanol–water partition coefficient (Wildman–Crippen LogP) is 4.21. The molecule has 0 radical (unpaired) electrons. The van der Waals surface area contributed by atoms with Crippen molar-refractivity contribution >= 4 is 17.6 Å². The second kappa shape index (κ2) is 6.92. The summed E-state index contributed by atoms with van der Waals surface area (Å²) in [5.41, 5.74) is 3.73. The van der Waals surface area contributed by atoms with Crippen LogP contribution in [0.25, 0.3) is 0 Å². The third-order valence-corrected chi connectivity index (χ3v) is 4.85. The number of hydrogen-bond acceptors (Lipinski definition) is 2. The van der Waals surface area contributed by atoms with Gasteiger partial charge in [0, 0.05) is 34.7 Å². The molecule has 0 atom stereocenters. The fraction of sp³-hybridized carbons (Fsp3) is 0.304. The number of aromatic carboxylic acids is 1. The normalized spacial score (nSPS) is 15.1. The molecule has 2 aromatic rings. The largest absolute Gasteiger partial charge is 0.478 e. The monoisotopic (exact) mass is 361 g/mol. The fourth-order valence-electron chi connectivity index (χ4n) is 3.47. The molecule has 1 aliphatic rings. The molecule has 0 bridgehead atoms. The van der Waals surface area contributed by atoms with Gasteiger partial charge in [0.15, 0.2) is 0 Å². The third-order valence-electron chi connectivity index (χ3n) is 4.85. The van der Waals surface area contributed by atoms with Crippen LogP contribution in [-0.2, 0) is 10.2 Å². The Morgan fingerprint density at radius 2 is 1.67 bits per heavy atom. The molecule has 3 rings (SSSR count). The molecular formula is C23H23NO3. The maximum absolute atomic E-state index is 12.5. The van der Waals surface area contributed by atoms with E-state index in [1.54, 1.807) is 24.3 Å². The average molecular weight is 361 g/mol. The van der Waals surface area contributed by atoms with E-state index in [-0.39, 0.29) is 22.9 Å². The molecule has 1 aliphatic heterocycles. The van der Waals surface area contributed by atoms with E-state index in [2.05, 4.69) is 31.8 Å². The van der Waals surface area contributed by atoms with Gasteiger partial charge in [0.2, 0.25) is 5.91 Å². The minimum absolute atomic E-state index is 0.108. The molecular weight excluding hydrogens is 338 g/mol. The highest BCUT2D eigenvalue weighted by atomic mass is 16.4. The first-order valence-electron chi connectivity index (χ1n) is 9.01. The number of carbonyl (C=O) groups excluding carboxylic acids is 1. The van der Waals surface area contributed by atoms with Crippen molar-refractivity contribution in [2.75, 3.05) is 4.90 Å². The van der Waals surface area contributed by atoms with E-state index in [4.69, 9.17) is 5.11 Å². The molecule has 0 aliphatic carbocycles. The van der Waals surface area contributed by atoms with Gasteiger partial charge in [-0.15, -0.1) is 0 Å². The molecule has 0 saturated heterocycles. The molecule has 0 aromatic heterocycles. The molecule has 1 heterocycles. The van der Waals surface area contributed by atoms with Gasteiger partial charge in [-0.3, -0.25) is 4.79 Å². The Morgan fingerprint density at radius 3 is 2.26 bits per heavy atom. The summed E-state index contributed by atoms with van der Waals surface area (Å²) in [6, 6.07) is 12.6.